The minimum atomic E-state index is -0.250. The van der Waals surface area contributed by atoms with Gasteiger partial charge < -0.3 is 10.8 Å². The van der Waals surface area contributed by atoms with Gasteiger partial charge in [0.15, 0.2) is 0 Å². The van der Waals surface area contributed by atoms with E-state index in [0.29, 0.717) is 0 Å². The van der Waals surface area contributed by atoms with Crippen molar-refractivity contribution in [2.24, 2.45) is 5.73 Å². The molecule has 4 rings (SSSR count). The van der Waals surface area contributed by atoms with Crippen molar-refractivity contribution in [3.63, 3.8) is 0 Å². The second kappa shape index (κ2) is 9.96. The molecule has 0 aromatic carbocycles. The summed E-state index contributed by atoms with van der Waals surface area (Å²) in [7, 11) is 0. The summed E-state index contributed by atoms with van der Waals surface area (Å²) in [6.45, 7) is 0.515. The van der Waals surface area contributed by atoms with Crippen molar-refractivity contribution in [2.45, 2.75) is 12.8 Å². The highest BCUT2D eigenvalue weighted by Gasteiger charge is 2.10. The highest BCUT2D eigenvalue weighted by molar-refractivity contribution is 7.28. The van der Waals surface area contributed by atoms with Gasteiger partial charge in [0.2, 0.25) is 0 Å². The maximum absolute atomic E-state index is 8.36. The lowest BCUT2D eigenvalue weighted by molar-refractivity contribution is -0.122. The fourth-order valence-corrected chi connectivity index (χ4v) is 6.62. The van der Waals surface area contributed by atoms with Crippen molar-refractivity contribution >= 4 is 51.8 Å². The molecule has 4 aromatic heterocycles. The summed E-state index contributed by atoms with van der Waals surface area (Å²) in [5.41, 5.74) is 5.61. The maximum atomic E-state index is 8.36. The van der Waals surface area contributed by atoms with E-state index in [1.165, 1.54) is 34.1 Å². The van der Waals surface area contributed by atoms with Gasteiger partial charge in [-0.05, 0) is 67.2 Å². The first kappa shape index (κ1) is 20.0. The summed E-state index contributed by atoms with van der Waals surface area (Å²) in [5, 5.41) is 9.02. The minimum absolute atomic E-state index is 0.250. The molecule has 0 aliphatic carbocycles. The minimum Gasteiger partial charge on any atom is -0.483 e. The van der Waals surface area contributed by atoms with E-state index in [1.54, 1.807) is 11.3 Å². The van der Waals surface area contributed by atoms with Gasteiger partial charge in [0.1, 0.15) is 0 Å². The third-order valence-corrected chi connectivity index (χ3v) is 8.52. The fraction of sp³-hybridized carbons (Fsp3) is 0.150. The Hall–Kier alpha value is -1.77. The molecule has 3 nitrogen and oxygen atoms in total. The standard InChI is InChI=1S/C19H17NS4.CH2O2/c20-11-1-3-13-5-6-16(22-13)17-9-10-19(24-17)18-8-7-15(23-18)14-4-2-12-21-14;2-1-3/h2,4-10,12H,1,3,11,20H2;1H,(H,2,3). The van der Waals surface area contributed by atoms with E-state index in [2.05, 4.69) is 53.9 Å². The Bertz CT molecular complexity index is 966. The van der Waals surface area contributed by atoms with Gasteiger partial charge in [0.25, 0.3) is 6.47 Å². The van der Waals surface area contributed by atoms with E-state index >= 15 is 0 Å². The summed E-state index contributed by atoms with van der Waals surface area (Å²) in [6.07, 6.45) is 2.16. The second-order valence-electron chi connectivity index (χ2n) is 5.57. The van der Waals surface area contributed by atoms with E-state index in [9.17, 15) is 0 Å². The van der Waals surface area contributed by atoms with Gasteiger partial charge in [-0.15, -0.1) is 45.3 Å². The molecular weight excluding hydrogens is 414 g/mol. The third kappa shape index (κ3) is 5.15. The number of nitrogens with two attached hydrogens (primary N) is 1. The molecule has 0 spiro atoms. The normalized spacial score (nSPS) is 10.4. The first-order chi connectivity index (χ1) is 13.2. The van der Waals surface area contributed by atoms with Crippen molar-refractivity contribution in [3.05, 3.63) is 58.8 Å². The van der Waals surface area contributed by atoms with E-state index in [1.807, 2.05) is 34.0 Å². The average molecular weight is 434 g/mol. The molecule has 0 radical (unpaired) electrons. The largest absolute Gasteiger partial charge is 0.483 e. The lowest BCUT2D eigenvalue weighted by Crippen LogP contribution is -1.98. The molecule has 4 aromatic rings. The van der Waals surface area contributed by atoms with Gasteiger partial charge in [-0.3, -0.25) is 4.79 Å². The zero-order valence-electron chi connectivity index (χ0n) is 14.5. The van der Waals surface area contributed by atoms with Crippen LogP contribution in [0.3, 0.4) is 0 Å². The molecule has 0 saturated carbocycles. The first-order valence-corrected chi connectivity index (χ1v) is 11.7. The molecule has 0 aliphatic rings. The lowest BCUT2D eigenvalue weighted by Gasteiger charge is -1.93. The first-order valence-electron chi connectivity index (χ1n) is 8.36. The number of carbonyl (C=O) groups is 1. The van der Waals surface area contributed by atoms with Crippen LogP contribution >= 0.6 is 45.3 Å². The molecule has 0 atom stereocenters. The van der Waals surface area contributed by atoms with E-state index in [-0.39, 0.29) is 6.47 Å². The Labute approximate surface area is 174 Å². The number of rotatable bonds is 6. The number of aryl methyl sites for hydroxylation is 1. The van der Waals surface area contributed by atoms with Crippen LogP contribution in [0.15, 0.2) is 53.9 Å². The fourth-order valence-electron chi connectivity index (χ4n) is 2.55. The zero-order chi connectivity index (χ0) is 19.1. The molecular formula is C20H19NO2S4. The molecule has 0 amide bonds. The lowest BCUT2D eigenvalue weighted by atomic mass is 10.2. The van der Waals surface area contributed by atoms with Crippen LogP contribution in [0.5, 0.6) is 0 Å². The number of carboxylic acid groups (broad SMARTS) is 1. The van der Waals surface area contributed by atoms with Gasteiger partial charge in [-0.25, -0.2) is 0 Å². The van der Waals surface area contributed by atoms with Crippen molar-refractivity contribution in [2.75, 3.05) is 6.54 Å². The Kier molecular flexibility index (Phi) is 7.37. The molecule has 0 fully saturated rings. The van der Waals surface area contributed by atoms with Crippen molar-refractivity contribution in [1.29, 1.82) is 0 Å². The Balaban J connectivity index is 0.000000659. The van der Waals surface area contributed by atoms with Crippen LogP contribution in [0, 0.1) is 0 Å². The Morgan fingerprint density at radius 1 is 0.815 bits per heavy atom. The van der Waals surface area contributed by atoms with Gasteiger partial charge in [-0.2, -0.15) is 0 Å². The van der Waals surface area contributed by atoms with Crippen molar-refractivity contribution in [1.82, 2.24) is 0 Å². The van der Waals surface area contributed by atoms with Gasteiger partial charge in [0, 0.05) is 34.1 Å². The quantitative estimate of drug-likeness (QED) is 0.340. The van der Waals surface area contributed by atoms with E-state index in [4.69, 9.17) is 15.6 Å². The van der Waals surface area contributed by atoms with Crippen molar-refractivity contribution in [3.8, 4) is 29.3 Å². The Morgan fingerprint density at radius 2 is 1.33 bits per heavy atom. The molecule has 140 valence electrons. The summed E-state index contributed by atoms with van der Waals surface area (Å²) < 4.78 is 0. The summed E-state index contributed by atoms with van der Waals surface area (Å²) in [5.74, 6) is 0. The predicted molar refractivity (Wildman–Crippen MR) is 120 cm³/mol. The van der Waals surface area contributed by atoms with E-state index in [0.717, 1.165) is 19.4 Å². The predicted octanol–water partition coefficient (Wildman–Crippen LogP) is 6.53. The molecule has 0 aliphatic heterocycles. The summed E-state index contributed by atoms with van der Waals surface area (Å²) >= 11 is 7.47. The SMILES string of the molecule is NCCCc1ccc(-c2ccc(-c3ccc(-c4cccs4)s3)s2)s1.O=CO. The average Bonchev–Trinajstić information content (AvgIpc) is 3.47. The zero-order valence-corrected chi connectivity index (χ0v) is 17.7. The third-order valence-electron chi connectivity index (χ3n) is 3.75. The summed E-state index contributed by atoms with van der Waals surface area (Å²) in [6, 6.07) is 17.8. The molecule has 3 N–H and O–H groups in total. The second-order valence-corrected chi connectivity index (χ2v) is 9.85. The number of hydrogen-bond acceptors (Lipinski definition) is 6. The smallest absolute Gasteiger partial charge is 0.290 e. The highest BCUT2D eigenvalue weighted by Crippen LogP contribution is 2.42. The van der Waals surface area contributed by atoms with Crippen LogP contribution < -0.4 is 5.73 Å². The monoisotopic (exact) mass is 433 g/mol. The Morgan fingerprint density at radius 3 is 1.85 bits per heavy atom. The van der Waals surface area contributed by atoms with Gasteiger partial charge >= 0.3 is 0 Å². The van der Waals surface area contributed by atoms with Crippen LogP contribution in [0.2, 0.25) is 0 Å². The van der Waals surface area contributed by atoms with Crippen LogP contribution in [-0.4, -0.2) is 18.1 Å². The molecule has 27 heavy (non-hydrogen) atoms. The van der Waals surface area contributed by atoms with Crippen LogP contribution in [0.25, 0.3) is 29.3 Å². The van der Waals surface area contributed by atoms with Gasteiger partial charge in [-0.1, -0.05) is 6.07 Å². The number of hydrogen-bond donors (Lipinski definition) is 2. The maximum Gasteiger partial charge on any atom is 0.290 e. The number of thiophene rings is 4. The molecule has 0 saturated heterocycles. The topological polar surface area (TPSA) is 63.3 Å². The summed E-state index contributed by atoms with van der Waals surface area (Å²) in [4.78, 5) is 17.9. The van der Waals surface area contributed by atoms with Crippen LogP contribution in [0.1, 0.15) is 11.3 Å². The van der Waals surface area contributed by atoms with Gasteiger partial charge in [0.05, 0.1) is 0 Å². The van der Waals surface area contributed by atoms with Crippen molar-refractivity contribution < 1.29 is 9.90 Å². The molecule has 7 heteroatoms. The molecule has 0 bridgehead atoms. The van der Waals surface area contributed by atoms with Crippen LogP contribution in [-0.2, 0) is 11.2 Å². The van der Waals surface area contributed by atoms with Crippen LogP contribution in [0.4, 0.5) is 0 Å². The highest BCUT2D eigenvalue weighted by atomic mass is 32.1. The van der Waals surface area contributed by atoms with E-state index < -0.39 is 0 Å². The molecule has 0 unspecified atom stereocenters. The molecule has 4 heterocycles.